The molecule has 0 radical (unpaired) electrons. The van der Waals surface area contributed by atoms with Crippen LogP contribution in [0, 0.1) is 10.1 Å². The molecule has 1 rings (SSSR count). The summed E-state index contributed by atoms with van der Waals surface area (Å²) in [6.45, 7) is 0. The van der Waals surface area contributed by atoms with Gasteiger partial charge in [0, 0.05) is 11.6 Å². The second kappa shape index (κ2) is 4.73. The number of halogens is 4. The van der Waals surface area contributed by atoms with Crippen LogP contribution in [0.25, 0.3) is 0 Å². The Morgan fingerprint density at radius 1 is 1.39 bits per heavy atom. The zero-order valence-electron chi connectivity index (χ0n) is 8.32. The molecular formula is C9H3ClF3NO4. The normalized spacial score (nSPS) is 11.1. The minimum absolute atomic E-state index is 0.0994. The van der Waals surface area contributed by atoms with Gasteiger partial charge < -0.3 is 0 Å². The van der Waals surface area contributed by atoms with Gasteiger partial charge in [-0.3, -0.25) is 19.7 Å². The lowest BCUT2D eigenvalue weighted by Crippen LogP contribution is -2.10. The molecule has 0 bridgehead atoms. The van der Waals surface area contributed by atoms with E-state index in [0.717, 1.165) is 0 Å². The maximum Gasteiger partial charge on any atom is 0.416 e. The van der Waals surface area contributed by atoms with E-state index in [1.165, 1.54) is 0 Å². The average molecular weight is 282 g/mol. The molecule has 1 aromatic rings. The lowest BCUT2D eigenvalue weighted by atomic mass is 10.0. The predicted molar refractivity (Wildman–Crippen MR) is 53.7 cm³/mol. The van der Waals surface area contributed by atoms with Gasteiger partial charge in [0.2, 0.25) is 0 Å². The van der Waals surface area contributed by atoms with Crippen LogP contribution in [0.2, 0.25) is 0 Å². The molecule has 0 aromatic heterocycles. The predicted octanol–water partition coefficient (Wildman–Crippen LogP) is 2.81. The number of aldehydes is 1. The number of nitro benzene ring substituents is 1. The van der Waals surface area contributed by atoms with E-state index in [1.54, 1.807) is 0 Å². The van der Waals surface area contributed by atoms with Gasteiger partial charge in [-0.2, -0.15) is 13.2 Å². The molecule has 0 unspecified atom stereocenters. The highest BCUT2D eigenvalue weighted by atomic mass is 35.5. The van der Waals surface area contributed by atoms with E-state index in [-0.39, 0.29) is 12.4 Å². The summed E-state index contributed by atoms with van der Waals surface area (Å²) in [7, 11) is 0. The van der Waals surface area contributed by atoms with Crippen LogP contribution in [-0.2, 0) is 6.18 Å². The first-order chi connectivity index (χ1) is 8.18. The van der Waals surface area contributed by atoms with Crippen molar-refractivity contribution in [2.24, 2.45) is 0 Å². The van der Waals surface area contributed by atoms with Gasteiger partial charge >= 0.3 is 6.18 Å². The van der Waals surface area contributed by atoms with Gasteiger partial charge in [-0.05, 0) is 17.7 Å². The fourth-order valence-corrected chi connectivity index (χ4v) is 1.47. The number of benzene rings is 1. The van der Waals surface area contributed by atoms with E-state index in [4.69, 9.17) is 11.6 Å². The first-order valence-electron chi connectivity index (χ1n) is 4.23. The van der Waals surface area contributed by atoms with Crippen molar-refractivity contribution < 1.29 is 27.7 Å². The van der Waals surface area contributed by atoms with Crippen LogP contribution >= 0.6 is 11.6 Å². The molecule has 0 heterocycles. The van der Waals surface area contributed by atoms with E-state index in [9.17, 15) is 32.9 Å². The van der Waals surface area contributed by atoms with Gasteiger partial charge in [0.05, 0.1) is 10.5 Å². The van der Waals surface area contributed by atoms with Gasteiger partial charge in [0.1, 0.15) is 5.56 Å². The largest absolute Gasteiger partial charge is 0.416 e. The van der Waals surface area contributed by atoms with Crippen molar-refractivity contribution in [1.29, 1.82) is 0 Å². The third-order valence-corrected chi connectivity index (χ3v) is 2.18. The molecule has 0 atom stereocenters. The zero-order valence-corrected chi connectivity index (χ0v) is 9.08. The molecule has 0 aliphatic heterocycles. The SMILES string of the molecule is O=Cc1cc(C(F)(F)F)cc([N+](=O)[O-])c1C(=O)Cl. The molecule has 0 spiro atoms. The third-order valence-electron chi connectivity index (χ3n) is 2.00. The Kier molecular flexibility index (Phi) is 3.70. The number of carbonyl (C=O) groups is 2. The molecule has 96 valence electrons. The number of nitrogens with zero attached hydrogens (tertiary/aromatic N) is 1. The minimum atomic E-state index is -4.88. The van der Waals surface area contributed by atoms with Crippen LogP contribution in [0.15, 0.2) is 12.1 Å². The molecule has 0 N–H and O–H groups in total. The van der Waals surface area contributed by atoms with Gasteiger partial charge in [-0.25, -0.2) is 0 Å². The van der Waals surface area contributed by atoms with Crippen molar-refractivity contribution in [2.75, 3.05) is 0 Å². The fraction of sp³-hybridized carbons (Fsp3) is 0.111. The lowest BCUT2D eigenvalue weighted by Gasteiger charge is -2.09. The molecule has 0 aliphatic carbocycles. The van der Waals surface area contributed by atoms with E-state index >= 15 is 0 Å². The van der Waals surface area contributed by atoms with Crippen LogP contribution in [0.4, 0.5) is 18.9 Å². The Labute approximate surface area is 102 Å². The van der Waals surface area contributed by atoms with Gasteiger partial charge in [-0.15, -0.1) is 0 Å². The average Bonchev–Trinajstić information content (AvgIpc) is 2.25. The monoisotopic (exact) mass is 281 g/mol. The van der Waals surface area contributed by atoms with Crippen LogP contribution < -0.4 is 0 Å². The van der Waals surface area contributed by atoms with Crippen LogP contribution in [-0.4, -0.2) is 16.5 Å². The van der Waals surface area contributed by atoms with E-state index < -0.39 is 38.7 Å². The molecule has 9 heteroatoms. The minimum Gasteiger partial charge on any atom is -0.298 e. The second-order valence-electron chi connectivity index (χ2n) is 3.11. The summed E-state index contributed by atoms with van der Waals surface area (Å²) in [5.41, 5.74) is -4.20. The van der Waals surface area contributed by atoms with Crippen LogP contribution in [0.3, 0.4) is 0 Å². The summed E-state index contributed by atoms with van der Waals surface area (Å²) in [6.07, 6.45) is -4.98. The van der Waals surface area contributed by atoms with Crippen molar-refractivity contribution in [3.8, 4) is 0 Å². The molecule has 0 saturated carbocycles. The van der Waals surface area contributed by atoms with Gasteiger partial charge in [0.25, 0.3) is 10.9 Å². The van der Waals surface area contributed by atoms with Crippen molar-refractivity contribution in [2.45, 2.75) is 6.18 Å². The van der Waals surface area contributed by atoms with E-state index in [1.807, 2.05) is 0 Å². The number of hydrogen-bond donors (Lipinski definition) is 0. The summed E-state index contributed by atoms with van der Waals surface area (Å²) in [4.78, 5) is 30.9. The van der Waals surface area contributed by atoms with E-state index in [0.29, 0.717) is 6.07 Å². The first-order valence-corrected chi connectivity index (χ1v) is 4.61. The fourth-order valence-electron chi connectivity index (χ4n) is 1.26. The number of nitro groups is 1. The van der Waals surface area contributed by atoms with Crippen molar-refractivity contribution in [3.05, 3.63) is 38.9 Å². The quantitative estimate of drug-likeness (QED) is 0.369. The highest BCUT2D eigenvalue weighted by molar-refractivity contribution is 6.68. The summed E-state index contributed by atoms with van der Waals surface area (Å²) >= 11 is 5.02. The Balaban J connectivity index is 3.70. The Hall–Kier alpha value is -1.96. The molecular weight excluding hydrogens is 279 g/mol. The van der Waals surface area contributed by atoms with Crippen LogP contribution in [0.1, 0.15) is 26.3 Å². The van der Waals surface area contributed by atoms with Gasteiger partial charge in [0.15, 0.2) is 6.29 Å². The number of rotatable bonds is 3. The molecule has 1 aromatic carbocycles. The van der Waals surface area contributed by atoms with Crippen LogP contribution in [0.5, 0.6) is 0 Å². The molecule has 0 aliphatic rings. The number of alkyl halides is 3. The Morgan fingerprint density at radius 3 is 2.28 bits per heavy atom. The summed E-state index contributed by atoms with van der Waals surface area (Å²) in [5, 5.41) is 9.21. The Morgan fingerprint density at radius 2 is 1.94 bits per heavy atom. The summed E-state index contributed by atoms with van der Waals surface area (Å²) in [6, 6.07) is 0.484. The van der Waals surface area contributed by atoms with Crippen molar-refractivity contribution in [3.63, 3.8) is 0 Å². The topological polar surface area (TPSA) is 77.3 Å². The molecule has 0 amide bonds. The molecule has 0 saturated heterocycles. The highest BCUT2D eigenvalue weighted by Gasteiger charge is 2.35. The molecule has 0 fully saturated rings. The third kappa shape index (κ3) is 2.65. The number of carbonyl (C=O) groups excluding carboxylic acids is 2. The van der Waals surface area contributed by atoms with Crippen molar-refractivity contribution >= 4 is 28.8 Å². The first kappa shape index (κ1) is 14.1. The summed E-state index contributed by atoms with van der Waals surface area (Å²) in [5.74, 6) is 0. The maximum absolute atomic E-state index is 12.4. The molecule has 5 nitrogen and oxygen atoms in total. The van der Waals surface area contributed by atoms with E-state index in [2.05, 4.69) is 0 Å². The Bertz CT molecular complexity index is 541. The lowest BCUT2D eigenvalue weighted by molar-refractivity contribution is -0.385. The number of hydrogen-bond acceptors (Lipinski definition) is 4. The summed E-state index contributed by atoms with van der Waals surface area (Å²) < 4.78 is 37.3. The zero-order chi connectivity index (χ0) is 14.1. The highest BCUT2D eigenvalue weighted by Crippen LogP contribution is 2.35. The smallest absolute Gasteiger partial charge is 0.298 e. The standard InChI is InChI=1S/C9H3ClF3NO4/c10-8(16)7-4(3-15)1-5(9(11,12)13)2-6(7)14(17)18/h1-3H. The second-order valence-corrected chi connectivity index (χ2v) is 3.45. The van der Waals surface area contributed by atoms with Crippen molar-refractivity contribution in [1.82, 2.24) is 0 Å². The maximum atomic E-state index is 12.4. The van der Waals surface area contributed by atoms with Gasteiger partial charge in [-0.1, -0.05) is 0 Å². The molecule has 18 heavy (non-hydrogen) atoms.